The van der Waals surface area contributed by atoms with Crippen molar-refractivity contribution in [2.24, 2.45) is 0 Å². The van der Waals surface area contributed by atoms with Crippen molar-refractivity contribution in [3.63, 3.8) is 0 Å². The van der Waals surface area contributed by atoms with E-state index < -0.39 is 5.79 Å². The Labute approximate surface area is 103 Å². The molecule has 16 heavy (non-hydrogen) atoms. The zero-order valence-corrected chi connectivity index (χ0v) is 10.7. The maximum atomic E-state index is 13.5. The normalized spacial score (nSPS) is 18.9. The fourth-order valence-electron chi connectivity index (χ4n) is 1.79. The molecule has 0 bridgehead atoms. The zero-order valence-electron chi connectivity index (χ0n) is 9.13. The smallest absolute Gasteiger partial charge is 0.166 e. The molecule has 0 N–H and O–H groups in total. The van der Waals surface area contributed by atoms with E-state index in [1.54, 1.807) is 6.07 Å². The molecule has 1 saturated heterocycles. The van der Waals surface area contributed by atoms with Gasteiger partial charge in [0.05, 0.1) is 13.2 Å². The standard InChI is InChI=1S/C12H14BrFO2/c1-12(15-6-7-16-12)5-4-9-2-3-10(13)8-11(9)14/h2-3,8H,4-7H2,1H3. The quantitative estimate of drug-likeness (QED) is 0.850. The van der Waals surface area contributed by atoms with Gasteiger partial charge in [-0.2, -0.15) is 0 Å². The maximum absolute atomic E-state index is 13.5. The van der Waals surface area contributed by atoms with E-state index in [2.05, 4.69) is 15.9 Å². The molecule has 1 aromatic rings. The Morgan fingerprint density at radius 1 is 1.38 bits per heavy atom. The molecule has 0 saturated carbocycles. The second-order valence-corrected chi connectivity index (χ2v) is 4.98. The minimum atomic E-state index is -0.542. The number of hydrogen-bond acceptors (Lipinski definition) is 2. The van der Waals surface area contributed by atoms with Gasteiger partial charge >= 0.3 is 0 Å². The van der Waals surface area contributed by atoms with Crippen LogP contribution < -0.4 is 0 Å². The number of benzene rings is 1. The van der Waals surface area contributed by atoms with Crippen molar-refractivity contribution in [2.75, 3.05) is 13.2 Å². The molecule has 2 rings (SSSR count). The van der Waals surface area contributed by atoms with Crippen LogP contribution in [0.15, 0.2) is 22.7 Å². The molecule has 1 aliphatic heterocycles. The average Bonchev–Trinajstić information content (AvgIpc) is 2.64. The van der Waals surface area contributed by atoms with Gasteiger partial charge in [-0.25, -0.2) is 4.39 Å². The molecule has 88 valence electrons. The third kappa shape index (κ3) is 2.81. The van der Waals surface area contributed by atoms with Crippen LogP contribution >= 0.6 is 15.9 Å². The van der Waals surface area contributed by atoms with Gasteiger partial charge in [-0.15, -0.1) is 0 Å². The molecular formula is C12H14BrFO2. The van der Waals surface area contributed by atoms with Gasteiger partial charge in [0, 0.05) is 10.9 Å². The Hall–Kier alpha value is -0.450. The third-order valence-corrected chi connectivity index (χ3v) is 3.25. The first-order chi connectivity index (χ1) is 7.59. The Bertz CT molecular complexity index is 375. The molecule has 0 atom stereocenters. The minimum Gasteiger partial charge on any atom is -0.348 e. The summed E-state index contributed by atoms with van der Waals surface area (Å²) < 4.78 is 25.2. The first kappa shape index (κ1) is 12.0. The van der Waals surface area contributed by atoms with E-state index in [1.807, 2.05) is 13.0 Å². The molecule has 0 aromatic heterocycles. The Balaban J connectivity index is 1.99. The van der Waals surface area contributed by atoms with Crippen molar-refractivity contribution in [3.05, 3.63) is 34.1 Å². The summed E-state index contributed by atoms with van der Waals surface area (Å²) in [7, 11) is 0. The van der Waals surface area contributed by atoms with Gasteiger partial charge in [-0.1, -0.05) is 22.0 Å². The second kappa shape index (κ2) is 4.82. The molecule has 4 heteroatoms. The van der Waals surface area contributed by atoms with Crippen LogP contribution in [0.5, 0.6) is 0 Å². The first-order valence-electron chi connectivity index (χ1n) is 5.31. The van der Waals surface area contributed by atoms with Gasteiger partial charge in [0.1, 0.15) is 5.82 Å². The SMILES string of the molecule is CC1(CCc2ccc(Br)cc2F)OCCO1. The van der Waals surface area contributed by atoms with E-state index in [1.165, 1.54) is 6.07 Å². The highest BCUT2D eigenvalue weighted by molar-refractivity contribution is 9.10. The van der Waals surface area contributed by atoms with Crippen molar-refractivity contribution in [1.82, 2.24) is 0 Å². The van der Waals surface area contributed by atoms with E-state index >= 15 is 0 Å². The molecule has 0 amide bonds. The second-order valence-electron chi connectivity index (χ2n) is 4.07. The Kier molecular flexibility index (Phi) is 3.62. The topological polar surface area (TPSA) is 18.5 Å². The zero-order chi connectivity index (χ0) is 11.6. The molecular weight excluding hydrogens is 275 g/mol. The van der Waals surface area contributed by atoms with Crippen molar-refractivity contribution < 1.29 is 13.9 Å². The molecule has 0 unspecified atom stereocenters. The van der Waals surface area contributed by atoms with Gasteiger partial charge in [0.15, 0.2) is 5.79 Å². The van der Waals surface area contributed by atoms with E-state index in [4.69, 9.17) is 9.47 Å². The van der Waals surface area contributed by atoms with Gasteiger partial charge in [-0.3, -0.25) is 0 Å². The number of halogens is 2. The van der Waals surface area contributed by atoms with Crippen molar-refractivity contribution >= 4 is 15.9 Å². The number of aryl methyl sites for hydroxylation is 1. The lowest BCUT2D eigenvalue weighted by molar-refractivity contribution is -0.146. The molecule has 0 radical (unpaired) electrons. The van der Waals surface area contributed by atoms with Crippen LogP contribution in [-0.2, 0) is 15.9 Å². The summed E-state index contributed by atoms with van der Waals surface area (Å²) in [6.07, 6.45) is 1.29. The lowest BCUT2D eigenvalue weighted by atomic mass is 10.1. The van der Waals surface area contributed by atoms with Gasteiger partial charge < -0.3 is 9.47 Å². The van der Waals surface area contributed by atoms with Crippen molar-refractivity contribution in [2.45, 2.75) is 25.6 Å². The molecule has 2 nitrogen and oxygen atoms in total. The summed E-state index contributed by atoms with van der Waals surface area (Å²) in [6.45, 7) is 3.15. The van der Waals surface area contributed by atoms with Gasteiger partial charge in [0.25, 0.3) is 0 Å². The Morgan fingerprint density at radius 3 is 2.69 bits per heavy atom. The summed E-state index contributed by atoms with van der Waals surface area (Å²) in [4.78, 5) is 0. The number of rotatable bonds is 3. The Morgan fingerprint density at radius 2 is 2.06 bits per heavy atom. The monoisotopic (exact) mass is 288 g/mol. The van der Waals surface area contributed by atoms with E-state index in [0.717, 1.165) is 4.47 Å². The summed E-state index contributed by atoms with van der Waals surface area (Å²) in [5.74, 6) is -0.726. The predicted molar refractivity (Wildman–Crippen MR) is 62.7 cm³/mol. The summed E-state index contributed by atoms with van der Waals surface area (Å²) >= 11 is 3.23. The summed E-state index contributed by atoms with van der Waals surface area (Å²) in [5.41, 5.74) is 0.698. The van der Waals surface area contributed by atoms with Crippen LogP contribution in [0.3, 0.4) is 0 Å². The van der Waals surface area contributed by atoms with E-state index in [9.17, 15) is 4.39 Å². The lowest BCUT2D eigenvalue weighted by Crippen LogP contribution is -2.26. The maximum Gasteiger partial charge on any atom is 0.166 e. The van der Waals surface area contributed by atoms with Crippen LogP contribution in [-0.4, -0.2) is 19.0 Å². The molecule has 1 aliphatic rings. The number of hydrogen-bond donors (Lipinski definition) is 0. The van der Waals surface area contributed by atoms with E-state index in [0.29, 0.717) is 31.6 Å². The van der Waals surface area contributed by atoms with Gasteiger partial charge in [-0.05, 0) is 31.0 Å². The van der Waals surface area contributed by atoms with Crippen LogP contribution in [0, 0.1) is 5.82 Å². The third-order valence-electron chi connectivity index (χ3n) is 2.76. The predicted octanol–water partition coefficient (Wildman–Crippen LogP) is 3.28. The number of ether oxygens (including phenoxy) is 2. The summed E-state index contributed by atoms with van der Waals surface area (Å²) in [5, 5.41) is 0. The molecule has 1 fully saturated rings. The average molecular weight is 289 g/mol. The van der Waals surface area contributed by atoms with Crippen LogP contribution in [0.25, 0.3) is 0 Å². The fraction of sp³-hybridized carbons (Fsp3) is 0.500. The largest absolute Gasteiger partial charge is 0.348 e. The summed E-state index contributed by atoms with van der Waals surface area (Å²) in [6, 6.07) is 5.11. The minimum absolute atomic E-state index is 0.184. The first-order valence-corrected chi connectivity index (χ1v) is 6.10. The molecule has 1 aromatic carbocycles. The van der Waals surface area contributed by atoms with Crippen molar-refractivity contribution in [3.8, 4) is 0 Å². The van der Waals surface area contributed by atoms with Gasteiger partial charge in [0.2, 0.25) is 0 Å². The highest BCUT2D eigenvalue weighted by atomic mass is 79.9. The highest BCUT2D eigenvalue weighted by Gasteiger charge is 2.30. The van der Waals surface area contributed by atoms with Crippen LogP contribution in [0.1, 0.15) is 18.9 Å². The highest BCUT2D eigenvalue weighted by Crippen LogP contribution is 2.25. The molecule has 0 spiro atoms. The molecule has 0 aliphatic carbocycles. The molecule has 1 heterocycles. The van der Waals surface area contributed by atoms with Crippen LogP contribution in [0.4, 0.5) is 4.39 Å². The lowest BCUT2D eigenvalue weighted by Gasteiger charge is -2.22. The van der Waals surface area contributed by atoms with Crippen molar-refractivity contribution in [1.29, 1.82) is 0 Å². The van der Waals surface area contributed by atoms with Crippen LogP contribution in [0.2, 0.25) is 0 Å². The van der Waals surface area contributed by atoms with E-state index in [-0.39, 0.29) is 5.82 Å². The fourth-order valence-corrected chi connectivity index (χ4v) is 2.12.